The van der Waals surface area contributed by atoms with Gasteiger partial charge in [0.1, 0.15) is 0 Å². The second-order valence-electron chi connectivity index (χ2n) is 4.37. The van der Waals surface area contributed by atoms with Crippen LogP contribution in [0.3, 0.4) is 0 Å². The predicted molar refractivity (Wildman–Crippen MR) is 72.8 cm³/mol. The van der Waals surface area contributed by atoms with Gasteiger partial charge >= 0.3 is 6.18 Å². The van der Waals surface area contributed by atoms with Gasteiger partial charge < -0.3 is 0 Å². The van der Waals surface area contributed by atoms with E-state index < -0.39 is 17.7 Å². The molecule has 3 aromatic rings. The van der Waals surface area contributed by atoms with E-state index in [1.165, 1.54) is 12.3 Å². The van der Waals surface area contributed by atoms with Crippen LogP contribution in [0.2, 0.25) is 0 Å². The molecule has 0 bridgehead atoms. The fraction of sp³-hybridized carbons (Fsp3) is 0.0769. The summed E-state index contributed by atoms with van der Waals surface area (Å²) in [6, 6.07) is 10.7. The Morgan fingerprint density at radius 2 is 1.77 bits per heavy atom. The molecule has 1 aromatic carbocycles. The van der Waals surface area contributed by atoms with Crippen molar-refractivity contribution in [1.82, 2.24) is 25.0 Å². The van der Waals surface area contributed by atoms with Crippen LogP contribution < -0.4 is 5.72 Å². The number of benzene rings is 1. The third-order valence-corrected chi connectivity index (χ3v) is 2.85. The van der Waals surface area contributed by atoms with E-state index in [2.05, 4.69) is 20.3 Å². The van der Waals surface area contributed by atoms with Gasteiger partial charge in [0, 0.05) is 5.56 Å². The highest BCUT2D eigenvalue weighted by atomic mass is 19.4. The molecule has 2 aromatic heterocycles. The van der Waals surface area contributed by atoms with Crippen molar-refractivity contribution in [3.63, 3.8) is 0 Å². The first kappa shape index (κ1) is 14.2. The van der Waals surface area contributed by atoms with E-state index in [1.54, 1.807) is 0 Å². The summed E-state index contributed by atoms with van der Waals surface area (Å²) in [5, 5.41) is 10.9. The minimum atomic E-state index is -4.68. The van der Waals surface area contributed by atoms with Gasteiger partial charge in [0.05, 0.1) is 11.9 Å². The van der Waals surface area contributed by atoms with E-state index in [4.69, 9.17) is 7.85 Å². The van der Waals surface area contributed by atoms with Crippen LogP contribution >= 0.6 is 0 Å². The third kappa shape index (κ3) is 2.69. The van der Waals surface area contributed by atoms with Crippen molar-refractivity contribution in [2.24, 2.45) is 0 Å². The van der Waals surface area contributed by atoms with E-state index in [1.807, 2.05) is 30.3 Å². The molecular weight excluding hydrogens is 294 g/mol. The molecule has 0 fully saturated rings. The zero-order valence-electron chi connectivity index (χ0n) is 11.0. The van der Waals surface area contributed by atoms with Gasteiger partial charge in [-0.3, -0.25) is 0 Å². The van der Waals surface area contributed by atoms with E-state index in [9.17, 15) is 13.2 Å². The first-order chi connectivity index (χ1) is 10.4. The van der Waals surface area contributed by atoms with Crippen LogP contribution in [0, 0.1) is 0 Å². The number of halogens is 3. The average Bonchev–Trinajstić information content (AvgIpc) is 2.90. The zero-order valence-corrected chi connectivity index (χ0v) is 11.0. The summed E-state index contributed by atoms with van der Waals surface area (Å²) in [4.78, 5) is 3.20. The molecule has 108 valence electrons. The van der Waals surface area contributed by atoms with Gasteiger partial charge in [-0.05, 0) is 11.6 Å². The number of alkyl halides is 3. The van der Waals surface area contributed by atoms with Gasteiger partial charge in [0.15, 0.2) is 13.7 Å². The molecular formula is C13H7BF3N5. The molecule has 5 nitrogen and oxygen atoms in total. The Morgan fingerprint density at radius 1 is 1.05 bits per heavy atom. The van der Waals surface area contributed by atoms with E-state index in [-0.39, 0.29) is 5.82 Å². The molecule has 0 aliphatic rings. The second-order valence-corrected chi connectivity index (χ2v) is 4.37. The zero-order chi connectivity index (χ0) is 15.7. The maximum atomic E-state index is 12.6. The van der Waals surface area contributed by atoms with Gasteiger partial charge in [0.2, 0.25) is 0 Å². The lowest BCUT2D eigenvalue weighted by atomic mass is 10.1. The summed E-state index contributed by atoms with van der Waals surface area (Å²) in [6.45, 7) is 0. The minimum Gasteiger partial charge on any atom is -0.220 e. The molecule has 22 heavy (non-hydrogen) atoms. The summed E-state index contributed by atoms with van der Waals surface area (Å²) in [5.41, 5.74) is 1.11. The maximum Gasteiger partial charge on any atom is 0.453 e. The Morgan fingerprint density at radius 3 is 2.41 bits per heavy atom. The first-order valence-electron chi connectivity index (χ1n) is 6.13. The van der Waals surface area contributed by atoms with Gasteiger partial charge in [-0.15, -0.1) is 10.2 Å². The van der Waals surface area contributed by atoms with Crippen molar-refractivity contribution >= 4 is 13.6 Å². The number of hydrogen-bond donors (Lipinski definition) is 0. The fourth-order valence-corrected chi connectivity index (χ4v) is 1.86. The van der Waals surface area contributed by atoms with Crippen LogP contribution in [0.15, 0.2) is 42.6 Å². The number of aromatic nitrogens is 5. The maximum absolute atomic E-state index is 12.6. The molecule has 2 radical (unpaired) electrons. The van der Waals surface area contributed by atoms with Crippen molar-refractivity contribution in [2.45, 2.75) is 6.18 Å². The summed E-state index contributed by atoms with van der Waals surface area (Å²) >= 11 is 0. The summed E-state index contributed by atoms with van der Waals surface area (Å²) < 4.78 is 38.6. The Bertz CT molecular complexity index is 801. The Balaban J connectivity index is 2.05. The molecule has 3 rings (SSSR count). The normalized spacial score (nSPS) is 11.6. The van der Waals surface area contributed by atoms with Gasteiger partial charge in [0.25, 0.3) is 5.82 Å². The largest absolute Gasteiger partial charge is 0.453 e. The quantitative estimate of drug-likeness (QED) is 0.674. The molecule has 0 saturated carbocycles. The van der Waals surface area contributed by atoms with E-state index in [0.717, 1.165) is 10.2 Å². The molecule has 9 heteroatoms. The van der Waals surface area contributed by atoms with Gasteiger partial charge in [-0.25, -0.2) is 9.67 Å². The highest BCUT2D eigenvalue weighted by Gasteiger charge is 2.36. The highest BCUT2D eigenvalue weighted by Crippen LogP contribution is 2.25. The molecule has 0 aliphatic heterocycles. The Kier molecular flexibility index (Phi) is 3.40. The molecule has 0 spiro atoms. The summed E-state index contributed by atoms with van der Waals surface area (Å²) in [5.74, 6) is -1.27. The summed E-state index contributed by atoms with van der Waals surface area (Å²) in [7, 11) is 5.48. The van der Waals surface area contributed by atoms with Crippen LogP contribution in [-0.4, -0.2) is 32.8 Å². The monoisotopic (exact) mass is 301 g/mol. The van der Waals surface area contributed by atoms with E-state index >= 15 is 0 Å². The average molecular weight is 301 g/mol. The number of hydrogen-bond acceptors (Lipinski definition) is 4. The Labute approximate surface area is 124 Å². The molecule has 0 atom stereocenters. The smallest absolute Gasteiger partial charge is 0.220 e. The van der Waals surface area contributed by atoms with Crippen LogP contribution in [-0.2, 0) is 6.18 Å². The molecule has 0 amide bonds. The lowest BCUT2D eigenvalue weighted by Gasteiger charge is -2.05. The summed E-state index contributed by atoms with van der Waals surface area (Å²) in [6.07, 6.45) is -3.18. The van der Waals surface area contributed by atoms with Gasteiger partial charge in [-0.2, -0.15) is 18.3 Å². The number of rotatable bonds is 2. The van der Waals surface area contributed by atoms with Crippen LogP contribution in [0.1, 0.15) is 5.82 Å². The molecule has 0 saturated heterocycles. The molecule has 0 unspecified atom stereocenters. The predicted octanol–water partition coefficient (Wildman–Crippen LogP) is 1.54. The van der Waals surface area contributed by atoms with Gasteiger partial charge in [-0.1, -0.05) is 30.3 Å². The first-order valence-corrected chi connectivity index (χ1v) is 6.13. The molecule has 0 N–H and O–H groups in total. The van der Waals surface area contributed by atoms with Crippen LogP contribution in [0.25, 0.3) is 16.9 Å². The van der Waals surface area contributed by atoms with Crippen molar-refractivity contribution in [2.75, 3.05) is 0 Å². The Hall–Kier alpha value is -2.71. The molecule has 0 aliphatic carbocycles. The van der Waals surface area contributed by atoms with Crippen molar-refractivity contribution in [1.29, 1.82) is 0 Å². The van der Waals surface area contributed by atoms with Crippen molar-refractivity contribution in [3.8, 4) is 16.9 Å². The third-order valence-electron chi connectivity index (χ3n) is 2.85. The van der Waals surface area contributed by atoms with E-state index in [0.29, 0.717) is 5.56 Å². The highest BCUT2D eigenvalue weighted by molar-refractivity contribution is 6.29. The topological polar surface area (TPSA) is 56.5 Å². The molecule has 2 heterocycles. The van der Waals surface area contributed by atoms with Crippen molar-refractivity contribution in [3.05, 3.63) is 48.4 Å². The van der Waals surface area contributed by atoms with Crippen molar-refractivity contribution < 1.29 is 13.2 Å². The minimum absolute atomic E-state index is 0.0573. The fourth-order valence-electron chi connectivity index (χ4n) is 1.86. The standard InChI is InChI=1S/C13H7BF3N5/c14-12-19-11(13(15,16)17)21-22(12)10-6-9(7-18-20-10)8-4-2-1-3-5-8/h1-7H. The SMILES string of the molecule is [B]c1nc(C(F)(F)F)nn1-c1cc(-c2ccccc2)cnn1. The van der Waals surface area contributed by atoms with Crippen LogP contribution in [0.4, 0.5) is 13.2 Å². The second kappa shape index (κ2) is 5.25. The van der Waals surface area contributed by atoms with Crippen LogP contribution in [0.5, 0.6) is 0 Å². The lowest BCUT2D eigenvalue weighted by Crippen LogP contribution is -2.19. The number of nitrogens with zero attached hydrogens (tertiary/aromatic N) is 5. The lowest BCUT2D eigenvalue weighted by molar-refractivity contribution is -0.144.